The van der Waals surface area contributed by atoms with E-state index >= 15 is 0 Å². The van der Waals surface area contributed by atoms with E-state index < -0.39 is 12.1 Å². The topological polar surface area (TPSA) is 155 Å². The monoisotopic (exact) mass is 719 g/mol. The normalized spacial score (nSPS) is 13.1. The van der Waals surface area contributed by atoms with Crippen molar-refractivity contribution in [3.05, 3.63) is 59.9 Å². The van der Waals surface area contributed by atoms with Gasteiger partial charge in [-0.2, -0.15) is 18.3 Å². The van der Waals surface area contributed by atoms with Crippen molar-refractivity contribution in [2.75, 3.05) is 44.8 Å². The number of ether oxygens (including phenoxy) is 2. The van der Waals surface area contributed by atoms with Crippen molar-refractivity contribution >= 4 is 23.5 Å². The van der Waals surface area contributed by atoms with E-state index in [4.69, 9.17) is 19.4 Å². The molecule has 2 heterocycles. The quantitative estimate of drug-likeness (QED) is 0.103. The second-order valence-corrected chi connectivity index (χ2v) is 12.4. The van der Waals surface area contributed by atoms with Crippen molar-refractivity contribution in [1.29, 1.82) is 0 Å². The third kappa shape index (κ3) is 12.9. The van der Waals surface area contributed by atoms with Gasteiger partial charge in [0.05, 0.1) is 25.8 Å². The van der Waals surface area contributed by atoms with Gasteiger partial charge in [-0.05, 0) is 69.3 Å². The highest BCUT2D eigenvalue weighted by Crippen LogP contribution is 2.39. The maximum atomic E-state index is 13.2. The Labute approximate surface area is 295 Å². The fraction of sp³-hybridized carbons (Fsp3) is 0.500. The molecule has 0 unspecified atom stereocenters. The van der Waals surface area contributed by atoms with E-state index in [-0.39, 0.29) is 30.2 Å². The minimum Gasteiger partial charge on any atom is -0.506 e. The molecule has 15 heteroatoms. The molecular weight excluding hydrogens is 671 g/mol. The number of halogens is 3. The van der Waals surface area contributed by atoms with Gasteiger partial charge in [-0.3, -0.25) is 14.3 Å². The molecule has 1 aliphatic heterocycles. The zero-order valence-corrected chi connectivity index (χ0v) is 29.5. The van der Waals surface area contributed by atoms with Gasteiger partial charge in [-0.1, -0.05) is 43.7 Å². The standard InChI is InChI=1S/C34H47N5O5.C2HF3O2/c1-5-7-25(4)38(17-16-35-15-12-27-10-11-30(40)33-34(27)44-23-31(41)37-33)32(42)14-19-43-18-13-26-8-6-9-28(20-26)29-21-36-39(22-29)24(2)3;3-2(4,5)1(6)7/h6,8-11,20-22,24-25,35,40H,5,7,12-19,23H2,1-4H3,(H,37,41);(H,6,7)/t25-;/m1./s1. The van der Waals surface area contributed by atoms with Crippen molar-refractivity contribution in [3.8, 4) is 22.6 Å². The minimum atomic E-state index is -5.08. The van der Waals surface area contributed by atoms with Crippen LogP contribution in [0, 0.1) is 0 Å². The van der Waals surface area contributed by atoms with Crippen LogP contribution in [0.4, 0.5) is 18.9 Å². The smallest absolute Gasteiger partial charge is 0.490 e. The molecule has 1 atom stereocenters. The van der Waals surface area contributed by atoms with E-state index in [9.17, 15) is 27.9 Å². The molecule has 0 saturated heterocycles. The summed E-state index contributed by atoms with van der Waals surface area (Å²) in [5, 5.41) is 27.7. The third-order valence-corrected chi connectivity index (χ3v) is 8.12. The number of nitrogens with one attached hydrogen (secondary N) is 2. The largest absolute Gasteiger partial charge is 0.506 e. The van der Waals surface area contributed by atoms with Crippen molar-refractivity contribution in [2.24, 2.45) is 0 Å². The molecule has 51 heavy (non-hydrogen) atoms. The molecule has 0 bridgehead atoms. The number of aromatic nitrogens is 2. The van der Waals surface area contributed by atoms with Crippen LogP contribution in [0.2, 0.25) is 0 Å². The number of amides is 2. The number of hydrogen-bond donors (Lipinski definition) is 4. The first-order valence-electron chi connectivity index (χ1n) is 17.0. The van der Waals surface area contributed by atoms with E-state index in [1.165, 1.54) is 5.56 Å². The molecule has 0 fully saturated rings. The van der Waals surface area contributed by atoms with Crippen molar-refractivity contribution in [3.63, 3.8) is 0 Å². The van der Waals surface area contributed by atoms with Crippen LogP contribution in [0.1, 0.15) is 64.1 Å². The van der Waals surface area contributed by atoms with Gasteiger partial charge in [0.25, 0.3) is 5.91 Å². The zero-order chi connectivity index (χ0) is 37.6. The van der Waals surface area contributed by atoms with Gasteiger partial charge >= 0.3 is 12.1 Å². The van der Waals surface area contributed by atoms with Gasteiger partial charge < -0.3 is 35.2 Å². The lowest BCUT2D eigenvalue weighted by Crippen LogP contribution is -2.43. The van der Waals surface area contributed by atoms with E-state index in [2.05, 4.69) is 73.9 Å². The zero-order valence-electron chi connectivity index (χ0n) is 29.5. The number of carboxylic acids is 1. The summed E-state index contributed by atoms with van der Waals surface area (Å²) in [6.45, 7) is 11.3. The number of aromatic hydroxyl groups is 1. The van der Waals surface area contributed by atoms with Gasteiger partial charge in [-0.25, -0.2) is 4.79 Å². The Morgan fingerprint density at radius 2 is 1.86 bits per heavy atom. The third-order valence-electron chi connectivity index (χ3n) is 8.12. The van der Waals surface area contributed by atoms with Crippen LogP contribution in [-0.2, 0) is 32.0 Å². The van der Waals surface area contributed by atoms with Gasteiger partial charge in [0, 0.05) is 36.9 Å². The Morgan fingerprint density at radius 3 is 2.53 bits per heavy atom. The van der Waals surface area contributed by atoms with E-state index in [1.807, 2.05) is 21.8 Å². The fourth-order valence-corrected chi connectivity index (χ4v) is 5.39. The molecule has 4 rings (SSSR count). The first-order chi connectivity index (χ1) is 24.2. The lowest BCUT2D eigenvalue weighted by molar-refractivity contribution is -0.192. The lowest BCUT2D eigenvalue weighted by atomic mass is 10.0. The molecule has 4 N–H and O–H groups in total. The number of nitrogens with zero attached hydrogens (tertiary/aromatic N) is 3. The average Bonchev–Trinajstić information content (AvgIpc) is 3.58. The van der Waals surface area contributed by atoms with Crippen LogP contribution in [-0.4, -0.2) is 94.4 Å². The van der Waals surface area contributed by atoms with Crippen molar-refractivity contribution < 1.29 is 47.2 Å². The predicted octanol–water partition coefficient (Wildman–Crippen LogP) is 5.60. The number of alkyl halides is 3. The summed E-state index contributed by atoms with van der Waals surface area (Å²) in [6.07, 6.45) is 2.64. The summed E-state index contributed by atoms with van der Waals surface area (Å²) in [4.78, 5) is 35.7. The Morgan fingerprint density at radius 1 is 1.12 bits per heavy atom. The molecule has 1 aliphatic rings. The Bertz CT molecular complexity index is 1600. The van der Waals surface area contributed by atoms with Crippen molar-refractivity contribution in [1.82, 2.24) is 20.0 Å². The summed E-state index contributed by atoms with van der Waals surface area (Å²) in [6, 6.07) is 12.3. The minimum absolute atomic E-state index is 0.00653. The van der Waals surface area contributed by atoms with E-state index in [0.717, 1.165) is 36.0 Å². The van der Waals surface area contributed by atoms with Crippen LogP contribution in [0.5, 0.6) is 11.5 Å². The van der Waals surface area contributed by atoms with Gasteiger partial charge in [-0.15, -0.1) is 0 Å². The summed E-state index contributed by atoms with van der Waals surface area (Å²) in [5.74, 6) is -2.42. The first kappa shape index (κ1) is 40.8. The van der Waals surface area contributed by atoms with E-state index in [1.54, 1.807) is 6.07 Å². The second-order valence-electron chi connectivity index (χ2n) is 12.4. The lowest BCUT2D eigenvalue weighted by Gasteiger charge is -2.29. The number of carboxylic acid groups (broad SMARTS) is 1. The average molecular weight is 720 g/mol. The maximum Gasteiger partial charge on any atom is 0.490 e. The Kier molecular flexibility index (Phi) is 15.7. The highest BCUT2D eigenvalue weighted by molar-refractivity contribution is 5.97. The summed E-state index contributed by atoms with van der Waals surface area (Å²) in [7, 11) is 0. The van der Waals surface area contributed by atoms with Crippen LogP contribution in [0.25, 0.3) is 11.1 Å². The molecule has 0 saturated carbocycles. The number of anilines is 1. The number of hydrogen-bond acceptors (Lipinski definition) is 8. The Hall–Kier alpha value is -4.63. The van der Waals surface area contributed by atoms with Crippen LogP contribution in [0.15, 0.2) is 48.8 Å². The van der Waals surface area contributed by atoms with Crippen LogP contribution >= 0.6 is 0 Å². The molecule has 1 aromatic heterocycles. The van der Waals surface area contributed by atoms with Gasteiger partial charge in [0.1, 0.15) is 11.4 Å². The molecule has 12 nitrogen and oxygen atoms in total. The van der Waals surface area contributed by atoms with Gasteiger partial charge in [0.15, 0.2) is 12.4 Å². The second kappa shape index (κ2) is 19.7. The molecular formula is C36H48F3N5O7. The number of rotatable bonds is 17. The molecule has 2 amide bonds. The summed E-state index contributed by atoms with van der Waals surface area (Å²) >= 11 is 0. The fourth-order valence-electron chi connectivity index (χ4n) is 5.39. The van der Waals surface area contributed by atoms with Crippen LogP contribution < -0.4 is 15.4 Å². The SMILES string of the molecule is CCC[C@@H](C)N(CCNCCc1ccc(O)c2c1OCC(=O)N2)C(=O)CCOCCc1cccc(-c2cnn(C(C)C)c2)c1.O=C(O)C(F)(F)F. The number of benzene rings is 2. The number of fused-ring (bicyclic) bond motifs is 1. The highest BCUT2D eigenvalue weighted by atomic mass is 19.4. The summed E-state index contributed by atoms with van der Waals surface area (Å²) < 4.78 is 45.2. The van der Waals surface area contributed by atoms with Crippen LogP contribution in [0.3, 0.4) is 0 Å². The maximum absolute atomic E-state index is 13.2. The Balaban J connectivity index is 0.000000908. The number of phenols is 1. The van der Waals surface area contributed by atoms with Crippen molar-refractivity contribution in [2.45, 2.75) is 78.1 Å². The molecule has 280 valence electrons. The molecule has 0 radical (unpaired) electrons. The highest BCUT2D eigenvalue weighted by Gasteiger charge is 2.38. The predicted molar refractivity (Wildman–Crippen MR) is 186 cm³/mol. The molecule has 0 spiro atoms. The number of carbonyl (C=O) groups is 3. The number of carbonyl (C=O) groups excluding carboxylic acids is 2. The van der Waals surface area contributed by atoms with Gasteiger partial charge in [0.2, 0.25) is 5.91 Å². The first-order valence-corrected chi connectivity index (χ1v) is 17.0. The molecule has 2 aromatic carbocycles. The molecule has 3 aromatic rings. The number of aliphatic carboxylic acids is 1. The number of phenolic OH excluding ortho intramolecular Hbond substituents is 1. The van der Waals surface area contributed by atoms with E-state index in [0.29, 0.717) is 63.2 Å². The summed E-state index contributed by atoms with van der Waals surface area (Å²) in [5.41, 5.74) is 4.67. The molecule has 0 aliphatic carbocycles.